The van der Waals surface area contributed by atoms with E-state index in [9.17, 15) is 4.79 Å². The Labute approximate surface area is 76.1 Å². The number of carbonyl (C=O) groups excluding carboxylic acids is 1. The molecule has 3 heteroatoms. The summed E-state index contributed by atoms with van der Waals surface area (Å²) in [6.07, 6.45) is 1.66. The maximum atomic E-state index is 11.4. The van der Waals surface area contributed by atoms with Gasteiger partial charge in [0.15, 0.2) is 5.75 Å². The van der Waals surface area contributed by atoms with Crippen LogP contribution < -0.4 is 4.74 Å². The zero-order valence-corrected chi connectivity index (χ0v) is 7.50. The Morgan fingerprint density at radius 3 is 2.92 bits per heavy atom. The van der Waals surface area contributed by atoms with Crippen LogP contribution in [0.3, 0.4) is 0 Å². The van der Waals surface area contributed by atoms with Crippen LogP contribution in [0.4, 0.5) is 0 Å². The highest BCUT2D eigenvalue weighted by molar-refractivity contribution is 6.21. The van der Waals surface area contributed by atoms with Crippen molar-refractivity contribution in [1.29, 1.82) is 0 Å². The third kappa shape index (κ3) is 1.13. The molecule has 0 aromatic carbocycles. The molecule has 2 rings (SSSR count). The van der Waals surface area contributed by atoms with Gasteiger partial charge in [0, 0.05) is 6.20 Å². The number of aromatic nitrogens is 1. The summed E-state index contributed by atoms with van der Waals surface area (Å²) in [5.74, 6) is 0.261. The summed E-state index contributed by atoms with van der Waals surface area (Å²) in [7, 11) is 0. The molecule has 0 bridgehead atoms. The van der Waals surface area contributed by atoms with Crippen LogP contribution in [0.2, 0.25) is 0 Å². The standard InChI is InChI=1S/C10H9NO2/c1-6(2)8-9-7(13-10(8)12)4-3-5-11-9/h3-5H,1-2H3. The molecule has 0 saturated heterocycles. The third-order valence-corrected chi connectivity index (χ3v) is 1.91. The molecule has 0 fully saturated rings. The quantitative estimate of drug-likeness (QED) is 0.445. The fourth-order valence-corrected chi connectivity index (χ4v) is 1.35. The van der Waals surface area contributed by atoms with Gasteiger partial charge in [0.2, 0.25) is 0 Å². The predicted octanol–water partition coefficient (Wildman–Crippen LogP) is 1.79. The van der Waals surface area contributed by atoms with Crippen molar-refractivity contribution in [2.75, 3.05) is 0 Å². The molecule has 0 unspecified atom stereocenters. The van der Waals surface area contributed by atoms with Crippen LogP contribution in [-0.4, -0.2) is 11.0 Å². The molecule has 66 valence electrons. The Balaban J connectivity index is 2.67. The highest BCUT2D eigenvalue weighted by Crippen LogP contribution is 2.33. The predicted molar refractivity (Wildman–Crippen MR) is 48.1 cm³/mol. The van der Waals surface area contributed by atoms with Crippen LogP contribution in [0, 0.1) is 0 Å². The van der Waals surface area contributed by atoms with Gasteiger partial charge in [0.1, 0.15) is 5.69 Å². The lowest BCUT2D eigenvalue weighted by Crippen LogP contribution is -2.01. The molecule has 0 aliphatic carbocycles. The molecule has 3 nitrogen and oxygen atoms in total. The van der Waals surface area contributed by atoms with Crippen LogP contribution in [0.5, 0.6) is 5.75 Å². The summed E-state index contributed by atoms with van der Waals surface area (Å²) in [6, 6.07) is 3.50. The molecule has 2 heterocycles. The van der Waals surface area contributed by atoms with E-state index < -0.39 is 0 Å². The van der Waals surface area contributed by atoms with E-state index in [0.717, 1.165) is 5.57 Å². The number of rotatable bonds is 0. The molecule has 0 spiro atoms. The van der Waals surface area contributed by atoms with Crippen molar-refractivity contribution in [3.8, 4) is 5.75 Å². The van der Waals surface area contributed by atoms with Crippen molar-refractivity contribution in [2.24, 2.45) is 0 Å². The van der Waals surface area contributed by atoms with Crippen LogP contribution in [-0.2, 0) is 4.79 Å². The molecule has 0 atom stereocenters. The van der Waals surface area contributed by atoms with Crippen LogP contribution in [0.15, 0.2) is 23.9 Å². The summed E-state index contributed by atoms with van der Waals surface area (Å²) in [4.78, 5) is 15.5. The Morgan fingerprint density at radius 1 is 1.46 bits per heavy atom. The summed E-state index contributed by atoms with van der Waals surface area (Å²) < 4.78 is 5.02. The Morgan fingerprint density at radius 2 is 2.23 bits per heavy atom. The van der Waals surface area contributed by atoms with Gasteiger partial charge in [0.25, 0.3) is 0 Å². The Bertz CT molecular complexity index is 403. The second kappa shape index (κ2) is 2.69. The van der Waals surface area contributed by atoms with Crippen molar-refractivity contribution >= 4 is 11.5 Å². The fourth-order valence-electron chi connectivity index (χ4n) is 1.35. The van der Waals surface area contributed by atoms with E-state index in [1.807, 2.05) is 13.8 Å². The number of hydrogen-bond donors (Lipinski definition) is 0. The van der Waals surface area contributed by atoms with Gasteiger partial charge in [-0.15, -0.1) is 0 Å². The van der Waals surface area contributed by atoms with Crippen LogP contribution >= 0.6 is 0 Å². The van der Waals surface area contributed by atoms with E-state index in [1.54, 1.807) is 18.3 Å². The van der Waals surface area contributed by atoms with Gasteiger partial charge in [-0.3, -0.25) is 4.98 Å². The van der Waals surface area contributed by atoms with Crippen molar-refractivity contribution in [3.63, 3.8) is 0 Å². The Hall–Kier alpha value is -1.64. The number of esters is 1. The largest absolute Gasteiger partial charge is 0.421 e. The third-order valence-electron chi connectivity index (χ3n) is 1.91. The number of carbonyl (C=O) groups is 1. The van der Waals surface area contributed by atoms with E-state index in [4.69, 9.17) is 4.74 Å². The highest BCUT2D eigenvalue weighted by atomic mass is 16.5. The van der Waals surface area contributed by atoms with E-state index in [0.29, 0.717) is 17.0 Å². The Kier molecular flexibility index (Phi) is 1.65. The first-order valence-corrected chi connectivity index (χ1v) is 4.05. The van der Waals surface area contributed by atoms with E-state index in [2.05, 4.69) is 4.98 Å². The molecule has 0 N–H and O–H groups in total. The topological polar surface area (TPSA) is 39.2 Å². The average Bonchev–Trinajstić information content (AvgIpc) is 2.39. The minimum atomic E-state index is -0.297. The zero-order valence-electron chi connectivity index (χ0n) is 7.50. The molecule has 1 aliphatic heterocycles. The first kappa shape index (κ1) is 7.98. The lowest BCUT2D eigenvalue weighted by molar-refractivity contribution is -0.127. The molecule has 0 radical (unpaired) electrons. The number of fused-ring (bicyclic) bond motifs is 1. The van der Waals surface area contributed by atoms with Gasteiger partial charge < -0.3 is 4.74 Å². The highest BCUT2D eigenvalue weighted by Gasteiger charge is 2.28. The molecule has 13 heavy (non-hydrogen) atoms. The minimum Gasteiger partial charge on any atom is -0.421 e. The molecular weight excluding hydrogens is 166 g/mol. The monoisotopic (exact) mass is 175 g/mol. The smallest absolute Gasteiger partial charge is 0.345 e. The van der Waals surface area contributed by atoms with Gasteiger partial charge in [0.05, 0.1) is 5.57 Å². The van der Waals surface area contributed by atoms with Gasteiger partial charge in [-0.2, -0.15) is 0 Å². The van der Waals surface area contributed by atoms with Gasteiger partial charge >= 0.3 is 5.97 Å². The normalized spacial score (nSPS) is 14.0. The number of pyridine rings is 1. The zero-order chi connectivity index (χ0) is 9.42. The number of nitrogens with zero attached hydrogens (tertiary/aromatic N) is 1. The van der Waals surface area contributed by atoms with Gasteiger partial charge in [-0.05, 0) is 26.0 Å². The summed E-state index contributed by atoms with van der Waals surface area (Å²) in [5, 5.41) is 0. The number of ether oxygens (including phenoxy) is 1. The summed E-state index contributed by atoms with van der Waals surface area (Å²) in [5.41, 5.74) is 2.19. The first-order valence-electron chi connectivity index (χ1n) is 4.05. The minimum absolute atomic E-state index is 0.297. The molecule has 1 aromatic heterocycles. The first-order chi connectivity index (χ1) is 6.20. The number of hydrogen-bond acceptors (Lipinski definition) is 3. The van der Waals surface area contributed by atoms with E-state index in [1.165, 1.54) is 0 Å². The van der Waals surface area contributed by atoms with Crippen molar-refractivity contribution < 1.29 is 9.53 Å². The molecular formula is C10H9NO2. The summed E-state index contributed by atoms with van der Waals surface area (Å²) in [6.45, 7) is 3.75. The number of allylic oxidation sites excluding steroid dienone is 1. The molecule has 1 aromatic rings. The molecule has 1 aliphatic rings. The molecule has 0 saturated carbocycles. The van der Waals surface area contributed by atoms with Gasteiger partial charge in [-0.1, -0.05) is 5.57 Å². The van der Waals surface area contributed by atoms with E-state index in [-0.39, 0.29) is 5.97 Å². The maximum absolute atomic E-state index is 11.4. The van der Waals surface area contributed by atoms with Crippen molar-refractivity contribution in [1.82, 2.24) is 4.98 Å². The van der Waals surface area contributed by atoms with E-state index >= 15 is 0 Å². The van der Waals surface area contributed by atoms with Crippen molar-refractivity contribution in [2.45, 2.75) is 13.8 Å². The fraction of sp³-hybridized carbons (Fsp3) is 0.200. The molecule has 0 amide bonds. The second-order valence-corrected chi connectivity index (χ2v) is 3.11. The lowest BCUT2D eigenvalue weighted by Gasteiger charge is -1.94. The summed E-state index contributed by atoms with van der Waals surface area (Å²) >= 11 is 0. The maximum Gasteiger partial charge on any atom is 0.345 e. The van der Waals surface area contributed by atoms with Gasteiger partial charge in [-0.25, -0.2) is 4.79 Å². The average molecular weight is 175 g/mol. The lowest BCUT2D eigenvalue weighted by atomic mass is 10.1. The SMILES string of the molecule is CC(C)=C1C(=O)Oc2cccnc21. The van der Waals surface area contributed by atoms with Crippen LogP contribution in [0.1, 0.15) is 19.5 Å². The van der Waals surface area contributed by atoms with Crippen molar-refractivity contribution in [3.05, 3.63) is 29.6 Å². The second-order valence-electron chi connectivity index (χ2n) is 3.11. The van der Waals surface area contributed by atoms with Crippen LogP contribution in [0.25, 0.3) is 5.57 Å².